The Balaban J connectivity index is 0.000000231. The third-order valence-electron chi connectivity index (χ3n) is 12.7. The van der Waals surface area contributed by atoms with Crippen LogP contribution in [0.2, 0.25) is 5.02 Å². The number of amides is 2. The number of allylic oxidation sites excluding steroid dienone is 4. The fraction of sp³-hybridized carbons (Fsp3) is 0.382. The average Bonchev–Trinajstić information content (AvgIpc) is 3.66. The first-order chi connectivity index (χ1) is 33.0. The monoisotopic (exact) mass is 963 g/mol. The highest BCUT2D eigenvalue weighted by Crippen LogP contribution is 2.41. The van der Waals surface area contributed by atoms with Crippen LogP contribution in [0.15, 0.2) is 96.7 Å². The lowest BCUT2D eigenvalue weighted by Gasteiger charge is -2.31. The fourth-order valence-corrected chi connectivity index (χ4v) is 9.24. The van der Waals surface area contributed by atoms with Gasteiger partial charge < -0.3 is 34.6 Å². The van der Waals surface area contributed by atoms with Crippen LogP contribution < -0.4 is 20.1 Å². The summed E-state index contributed by atoms with van der Waals surface area (Å²) in [6, 6.07) is 18.9. The molecule has 2 fully saturated rings. The van der Waals surface area contributed by atoms with Gasteiger partial charge in [-0.2, -0.15) is 0 Å². The van der Waals surface area contributed by atoms with Crippen molar-refractivity contribution >= 4 is 63.3 Å². The summed E-state index contributed by atoms with van der Waals surface area (Å²) in [6.45, 7) is 25.1. The van der Waals surface area contributed by atoms with Crippen LogP contribution in [0.25, 0.3) is 27.6 Å². The number of carboxylic acid groups (broad SMARTS) is 1. The number of carbonyl (C=O) groups excluding carboxylic acids is 3. The molecule has 1 unspecified atom stereocenters. The molecule has 0 radical (unpaired) electrons. The number of fused-ring (bicyclic) bond motifs is 2. The number of nitrogens with one attached hydrogen (secondary N) is 2. The van der Waals surface area contributed by atoms with E-state index in [-0.39, 0.29) is 29.8 Å². The first-order valence-electron chi connectivity index (χ1n) is 23.5. The van der Waals surface area contributed by atoms with Gasteiger partial charge in [0.2, 0.25) is 11.8 Å². The Morgan fingerprint density at radius 3 is 2.38 bits per heavy atom. The van der Waals surface area contributed by atoms with Crippen molar-refractivity contribution in [2.24, 2.45) is 0 Å². The van der Waals surface area contributed by atoms with Crippen molar-refractivity contribution in [1.29, 1.82) is 0 Å². The maximum absolute atomic E-state index is 13.6. The van der Waals surface area contributed by atoms with Gasteiger partial charge in [-0.1, -0.05) is 62.0 Å². The van der Waals surface area contributed by atoms with Gasteiger partial charge in [-0.25, -0.2) is 9.18 Å². The van der Waals surface area contributed by atoms with Crippen molar-refractivity contribution in [1.82, 2.24) is 25.3 Å². The Labute approximate surface area is 411 Å². The Morgan fingerprint density at radius 1 is 1.01 bits per heavy atom. The molecule has 69 heavy (non-hydrogen) atoms. The number of likely N-dealkylation sites (N-methyl/N-ethyl adjacent to an activating group) is 1. The van der Waals surface area contributed by atoms with E-state index >= 15 is 0 Å². The molecule has 0 spiro atoms. The average molecular weight is 965 g/mol. The maximum atomic E-state index is 13.6. The van der Waals surface area contributed by atoms with Crippen LogP contribution in [-0.4, -0.2) is 110 Å². The van der Waals surface area contributed by atoms with E-state index in [0.717, 1.165) is 66.7 Å². The molecule has 12 nitrogen and oxygen atoms in total. The molecule has 7 rings (SSSR count). The molecule has 1 atom stereocenters. The number of aliphatic carboxylic acids is 1. The highest BCUT2D eigenvalue weighted by Gasteiger charge is 2.37. The van der Waals surface area contributed by atoms with Crippen molar-refractivity contribution in [3.05, 3.63) is 135 Å². The Kier molecular flexibility index (Phi) is 19.7. The van der Waals surface area contributed by atoms with E-state index in [2.05, 4.69) is 47.6 Å². The van der Waals surface area contributed by atoms with E-state index in [9.17, 15) is 28.7 Å². The van der Waals surface area contributed by atoms with Crippen LogP contribution in [0.3, 0.4) is 0 Å². The molecular weight excluding hydrogens is 897 g/mol. The number of rotatable bonds is 16. The second kappa shape index (κ2) is 25.4. The molecule has 3 heterocycles. The molecule has 0 aliphatic carbocycles. The van der Waals surface area contributed by atoms with Crippen molar-refractivity contribution in [3.63, 3.8) is 0 Å². The Hall–Kier alpha value is -6.28. The lowest BCUT2D eigenvalue weighted by Crippen LogP contribution is -2.50. The summed E-state index contributed by atoms with van der Waals surface area (Å²) in [5, 5.41) is 17.6. The van der Waals surface area contributed by atoms with E-state index in [1.165, 1.54) is 51.3 Å². The number of carbonyl (C=O) groups is 4. The summed E-state index contributed by atoms with van der Waals surface area (Å²) in [5.41, 5.74) is 8.85. The number of halogens is 2. The SMILES string of the molecule is C=C(C)/C(=C(/C)NC)c1c(Cl)ccc(/C(CCCOc2cccc3cc(F)ccc23)=C(\C)C(=O)O)c1C.C=C1c2cccc(OCC=O)c2CN1C1CCC(=O)NC1=O.CCCN1CCN(C)CC1. The van der Waals surface area contributed by atoms with Crippen LogP contribution >= 0.6 is 11.6 Å². The van der Waals surface area contributed by atoms with Crippen LogP contribution in [0.5, 0.6) is 11.5 Å². The molecule has 3 aliphatic rings. The number of piperidine rings is 1. The first kappa shape index (κ1) is 53.7. The zero-order valence-corrected chi connectivity index (χ0v) is 41.9. The molecule has 2 saturated heterocycles. The molecule has 0 bridgehead atoms. The summed E-state index contributed by atoms with van der Waals surface area (Å²) in [4.78, 5) is 52.7. The second-order valence-electron chi connectivity index (χ2n) is 17.6. The minimum atomic E-state index is -0.968. The number of aldehydes is 1. The molecule has 3 aliphatic heterocycles. The molecule has 14 heteroatoms. The summed E-state index contributed by atoms with van der Waals surface area (Å²) in [5.74, 6) is -0.498. The first-order valence-corrected chi connectivity index (χ1v) is 23.9. The third kappa shape index (κ3) is 13.7. The number of ether oxygens (including phenoxy) is 2. The van der Waals surface area contributed by atoms with Gasteiger partial charge in [0.1, 0.15) is 30.0 Å². The van der Waals surface area contributed by atoms with Crippen LogP contribution in [0.4, 0.5) is 4.39 Å². The molecule has 368 valence electrons. The highest BCUT2D eigenvalue weighted by molar-refractivity contribution is 6.33. The molecular formula is C55H67ClFN5O7. The van der Waals surface area contributed by atoms with Gasteiger partial charge in [-0.15, -0.1) is 0 Å². The summed E-state index contributed by atoms with van der Waals surface area (Å²) < 4.78 is 25.1. The number of piperazine rings is 1. The molecule has 4 aromatic carbocycles. The second-order valence-corrected chi connectivity index (χ2v) is 18.0. The summed E-state index contributed by atoms with van der Waals surface area (Å²) >= 11 is 6.66. The molecule has 0 saturated carbocycles. The van der Waals surface area contributed by atoms with E-state index in [0.29, 0.717) is 61.6 Å². The van der Waals surface area contributed by atoms with E-state index in [1.807, 2.05) is 75.2 Å². The lowest BCUT2D eigenvalue weighted by molar-refractivity contribution is -0.137. The minimum absolute atomic E-state index is 0.0126. The predicted octanol–water partition coefficient (Wildman–Crippen LogP) is 9.68. The predicted molar refractivity (Wildman–Crippen MR) is 274 cm³/mol. The van der Waals surface area contributed by atoms with Crippen molar-refractivity contribution in [3.8, 4) is 11.5 Å². The topological polar surface area (TPSA) is 141 Å². The van der Waals surface area contributed by atoms with Crippen LogP contribution in [0, 0.1) is 12.7 Å². The smallest absolute Gasteiger partial charge is 0.331 e. The number of imide groups is 1. The van der Waals surface area contributed by atoms with Gasteiger partial charge in [-0.3, -0.25) is 19.7 Å². The molecule has 0 aromatic heterocycles. The third-order valence-corrected chi connectivity index (χ3v) is 13.0. The normalized spacial score (nSPS) is 16.7. The highest BCUT2D eigenvalue weighted by atomic mass is 35.5. The molecule has 2 amide bonds. The van der Waals surface area contributed by atoms with Gasteiger partial charge >= 0.3 is 5.97 Å². The van der Waals surface area contributed by atoms with Crippen molar-refractivity contribution in [2.75, 3.05) is 60.0 Å². The van der Waals surface area contributed by atoms with Gasteiger partial charge in [0.05, 0.1) is 6.61 Å². The van der Waals surface area contributed by atoms with Gasteiger partial charge in [0.25, 0.3) is 0 Å². The zero-order valence-electron chi connectivity index (χ0n) is 41.1. The summed E-state index contributed by atoms with van der Waals surface area (Å²) in [7, 11) is 4.04. The number of benzene rings is 4. The number of hydrogen-bond acceptors (Lipinski definition) is 10. The quantitative estimate of drug-likeness (QED) is 0.0325. The van der Waals surface area contributed by atoms with Gasteiger partial charge in [0.15, 0.2) is 6.29 Å². The zero-order chi connectivity index (χ0) is 50.4. The number of nitrogens with zero attached hydrogens (tertiary/aromatic N) is 3. The Morgan fingerprint density at radius 2 is 1.72 bits per heavy atom. The van der Waals surface area contributed by atoms with Crippen LogP contribution in [-0.2, 0) is 25.7 Å². The maximum Gasteiger partial charge on any atom is 0.331 e. The van der Waals surface area contributed by atoms with Crippen molar-refractivity contribution in [2.45, 2.75) is 79.3 Å². The van der Waals surface area contributed by atoms with Gasteiger partial charge in [0, 0.05) is 95.8 Å². The van der Waals surface area contributed by atoms with E-state index in [4.69, 9.17) is 21.1 Å². The number of hydrogen-bond donors (Lipinski definition) is 3. The van der Waals surface area contributed by atoms with E-state index in [1.54, 1.807) is 19.1 Å². The molecule has 4 aromatic rings. The lowest BCUT2D eigenvalue weighted by atomic mass is 9.86. The minimum Gasteiger partial charge on any atom is -0.493 e. The van der Waals surface area contributed by atoms with Crippen LogP contribution in [0.1, 0.15) is 87.6 Å². The fourth-order valence-electron chi connectivity index (χ4n) is 8.94. The van der Waals surface area contributed by atoms with Gasteiger partial charge in [-0.05, 0) is 131 Å². The van der Waals surface area contributed by atoms with E-state index < -0.39 is 12.0 Å². The largest absolute Gasteiger partial charge is 0.493 e. The Bertz CT molecular complexity index is 2620. The molecule has 3 N–H and O–H groups in total. The van der Waals surface area contributed by atoms with Crippen molar-refractivity contribution < 1.29 is 38.1 Å². The standard InChI is InChI=1S/C31H33ClFNO3.C16H16N2O4.C8H18N2/c1-18(2)29(21(5)34-6)30-19(3)25(14-15-27(30)32)24(20(4)31(35)36)10-8-16-37-28-11-7-9-22-17-23(33)12-13-26(22)28;1-10-11-3-2-4-14(22-8-7-19)12(11)9-18(10)13-5-6-15(20)17-16(13)21;1-3-4-10-7-5-9(2)6-8-10/h7,9,11-15,17,34H,1,8,10,16H2,2-6H3,(H,35,36);2-4,7,13H,1,5-6,8-9H2,(H,17,20,21);3-8H2,1-2H3/b24-20+,29-21+;;. The summed E-state index contributed by atoms with van der Waals surface area (Å²) in [6.07, 6.45) is 3.88. The number of carboxylic acids is 1.